The van der Waals surface area contributed by atoms with Crippen LogP contribution in [-0.4, -0.2) is 58.9 Å². The SMILES string of the molecule is C#CCN(CC(=O)O)C(=O)C1CCN(C(C)=O)CC1. The number of likely N-dealkylation sites (tertiary alicyclic amines) is 1. The van der Waals surface area contributed by atoms with Crippen LogP contribution < -0.4 is 0 Å². The van der Waals surface area contributed by atoms with E-state index in [0.717, 1.165) is 0 Å². The fraction of sp³-hybridized carbons (Fsp3) is 0.615. The molecule has 2 amide bonds. The summed E-state index contributed by atoms with van der Waals surface area (Å²) in [6.45, 7) is 2.18. The van der Waals surface area contributed by atoms with E-state index in [9.17, 15) is 14.4 Å². The Bertz CT molecular complexity index is 405. The second-order valence-corrected chi connectivity index (χ2v) is 4.57. The van der Waals surface area contributed by atoms with E-state index in [4.69, 9.17) is 11.5 Å². The first-order chi connectivity index (χ1) is 8.95. The number of terminal acetylenes is 1. The maximum atomic E-state index is 12.2. The molecule has 1 N–H and O–H groups in total. The first-order valence-electron chi connectivity index (χ1n) is 6.15. The molecule has 6 nitrogen and oxygen atoms in total. The predicted molar refractivity (Wildman–Crippen MR) is 68.0 cm³/mol. The summed E-state index contributed by atoms with van der Waals surface area (Å²) < 4.78 is 0. The molecular formula is C13H18N2O4. The molecule has 0 atom stereocenters. The molecule has 1 fully saturated rings. The van der Waals surface area contributed by atoms with E-state index in [0.29, 0.717) is 25.9 Å². The number of carbonyl (C=O) groups excluding carboxylic acids is 2. The van der Waals surface area contributed by atoms with Crippen molar-refractivity contribution in [2.75, 3.05) is 26.2 Å². The average molecular weight is 266 g/mol. The zero-order chi connectivity index (χ0) is 14.4. The summed E-state index contributed by atoms with van der Waals surface area (Å²) in [4.78, 5) is 36.9. The molecule has 104 valence electrons. The van der Waals surface area contributed by atoms with E-state index < -0.39 is 5.97 Å². The minimum absolute atomic E-state index is 0.00193. The predicted octanol–water partition coefficient (Wildman–Crippen LogP) is -0.209. The Hall–Kier alpha value is -2.03. The van der Waals surface area contributed by atoms with Crippen molar-refractivity contribution >= 4 is 17.8 Å². The Morgan fingerprint density at radius 1 is 1.37 bits per heavy atom. The molecule has 0 saturated carbocycles. The van der Waals surface area contributed by atoms with Gasteiger partial charge in [0.1, 0.15) is 6.54 Å². The number of hydrogen-bond donors (Lipinski definition) is 1. The molecule has 1 aliphatic heterocycles. The van der Waals surface area contributed by atoms with Gasteiger partial charge >= 0.3 is 5.97 Å². The third-order valence-electron chi connectivity index (χ3n) is 3.21. The number of rotatable bonds is 4. The van der Waals surface area contributed by atoms with Crippen molar-refractivity contribution in [3.63, 3.8) is 0 Å². The maximum absolute atomic E-state index is 12.2. The lowest BCUT2D eigenvalue weighted by Gasteiger charge is -2.32. The van der Waals surface area contributed by atoms with Crippen LogP contribution >= 0.6 is 0 Å². The smallest absolute Gasteiger partial charge is 0.323 e. The first-order valence-corrected chi connectivity index (χ1v) is 6.15. The molecule has 0 aromatic rings. The minimum Gasteiger partial charge on any atom is -0.480 e. The number of carbonyl (C=O) groups is 3. The van der Waals surface area contributed by atoms with Crippen molar-refractivity contribution < 1.29 is 19.5 Å². The van der Waals surface area contributed by atoms with Gasteiger partial charge in [-0.2, -0.15) is 0 Å². The normalized spacial score (nSPS) is 15.7. The van der Waals surface area contributed by atoms with Crippen molar-refractivity contribution in [3.8, 4) is 12.3 Å². The van der Waals surface area contributed by atoms with Crippen molar-refractivity contribution in [2.45, 2.75) is 19.8 Å². The molecule has 0 aromatic carbocycles. The highest BCUT2D eigenvalue weighted by Crippen LogP contribution is 2.19. The number of carboxylic acid groups (broad SMARTS) is 1. The van der Waals surface area contributed by atoms with Gasteiger partial charge < -0.3 is 14.9 Å². The van der Waals surface area contributed by atoms with Gasteiger partial charge in [0, 0.05) is 25.9 Å². The van der Waals surface area contributed by atoms with Gasteiger partial charge in [-0.05, 0) is 12.8 Å². The Morgan fingerprint density at radius 3 is 2.37 bits per heavy atom. The number of aliphatic carboxylic acids is 1. The molecule has 0 bridgehead atoms. The topological polar surface area (TPSA) is 77.9 Å². The molecule has 1 heterocycles. The van der Waals surface area contributed by atoms with Crippen molar-refractivity contribution in [2.24, 2.45) is 5.92 Å². The number of carboxylic acids is 1. The Labute approximate surface area is 112 Å². The van der Waals surface area contributed by atoms with Gasteiger partial charge in [0.05, 0.1) is 6.54 Å². The first kappa shape index (κ1) is 15.0. The lowest BCUT2D eigenvalue weighted by atomic mass is 9.95. The lowest BCUT2D eigenvalue weighted by Crippen LogP contribution is -2.45. The van der Waals surface area contributed by atoms with Crippen LogP contribution in [0.15, 0.2) is 0 Å². The van der Waals surface area contributed by atoms with Crippen molar-refractivity contribution in [3.05, 3.63) is 0 Å². The summed E-state index contributed by atoms with van der Waals surface area (Å²) in [6, 6.07) is 0. The summed E-state index contributed by atoms with van der Waals surface area (Å²) in [5.74, 6) is 0.736. The van der Waals surface area contributed by atoms with Crippen LogP contribution in [0.4, 0.5) is 0 Å². The summed E-state index contributed by atoms with van der Waals surface area (Å²) in [5.41, 5.74) is 0. The van der Waals surface area contributed by atoms with Crippen LogP contribution in [-0.2, 0) is 14.4 Å². The van der Waals surface area contributed by atoms with Crippen LogP contribution in [0, 0.1) is 18.3 Å². The molecule has 19 heavy (non-hydrogen) atoms. The van der Waals surface area contributed by atoms with Gasteiger partial charge in [-0.15, -0.1) is 6.42 Å². The Kier molecular flexibility index (Phi) is 5.37. The van der Waals surface area contributed by atoms with Gasteiger partial charge in [0.2, 0.25) is 11.8 Å². The second kappa shape index (κ2) is 6.78. The third kappa shape index (κ3) is 4.28. The monoisotopic (exact) mass is 266 g/mol. The fourth-order valence-electron chi connectivity index (χ4n) is 2.18. The van der Waals surface area contributed by atoms with E-state index >= 15 is 0 Å². The molecule has 1 saturated heterocycles. The number of hydrogen-bond acceptors (Lipinski definition) is 3. The van der Waals surface area contributed by atoms with Gasteiger partial charge in [-0.3, -0.25) is 14.4 Å². The van der Waals surface area contributed by atoms with E-state index in [-0.39, 0.29) is 30.8 Å². The number of piperidine rings is 1. The summed E-state index contributed by atoms with van der Waals surface area (Å²) >= 11 is 0. The Balaban J connectivity index is 2.59. The summed E-state index contributed by atoms with van der Waals surface area (Å²) in [6.07, 6.45) is 6.25. The van der Waals surface area contributed by atoms with E-state index in [2.05, 4.69) is 5.92 Å². The molecular weight excluding hydrogens is 248 g/mol. The molecule has 0 spiro atoms. The standard InChI is InChI=1S/C13H18N2O4/c1-3-6-15(9-12(17)18)13(19)11-4-7-14(8-5-11)10(2)16/h1,11H,4-9H2,2H3,(H,17,18). The van der Waals surface area contributed by atoms with Gasteiger partial charge in [0.25, 0.3) is 0 Å². The molecule has 0 aliphatic carbocycles. The van der Waals surface area contributed by atoms with Crippen LogP contribution in [0.1, 0.15) is 19.8 Å². The largest absolute Gasteiger partial charge is 0.480 e. The molecule has 6 heteroatoms. The molecule has 1 aliphatic rings. The van der Waals surface area contributed by atoms with E-state index in [1.807, 2.05) is 0 Å². The zero-order valence-electron chi connectivity index (χ0n) is 11.0. The highest BCUT2D eigenvalue weighted by atomic mass is 16.4. The highest BCUT2D eigenvalue weighted by molar-refractivity contribution is 5.83. The van der Waals surface area contributed by atoms with Crippen LogP contribution in [0.3, 0.4) is 0 Å². The van der Waals surface area contributed by atoms with Crippen LogP contribution in [0.25, 0.3) is 0 Å². The van der Waals surface area contributed by atoms with Crippen LogP contribution in [0.2, 0.25) is 0 Å². The molecule has 0 radical (unpaired) electrons. The maximum Gasteiger partial charge on any atom is 0.323 e. The fourth-order valence-corrected chi connectivity index (χ4v) is 2.18. The van der Waals surface area contributed by atoms with Crippen molar-refractivity contribution in [1.82, 2.24) is 9.80 Å². The molecule has 0 unspecified atom stereocenters. The zero-order valence-corrected chi connectivity index (χ0v) is 11.0. The van der Waals surface area contributed by atoms with Crippen LogP contribution in [0.5, 0.6) is 0 Å². The third-order valence-corrected chi connectivity index (χ3v) is 3.21. The quantitative estimate of drug-likeness (QED) is 0.714. The average Bonchev–Trinajstić information content (AvgIpc) is 2.37. The van der Waals surface area contributed by atoms with E-state index in [1.54, 1.807) is 4.90 Å². The summed E-state index contributed by atoms with van der Waals surface area (Å²) in [7, 11) is 0. The second-order valence-electron chi connectivity index (χ2n) is 4.57. The number of nitrogens with zero attached hydrogens (tertiary/aromatic N) is 2. The number of amides is 2. The van der Waals surface area contributed by atoms with Gasteiger partial charge in [0.15, 0.2) is 0 Å². The van der Waals surface area contributed by atoms with E-state index in [1.165, 1.54) is 11.8 Å². The minimum atomic E-state index is -1.08. The summed E-state index contributed by atoms with van der Waals surface area (Å²) in [5, 5.41) is 8.76. The highest BCUT2D eigenvalue weighted by Gasteiger charge is 2.29. The molecule has 0 aromatic heterocycles. The van der Waals surface area contributed by atoms with Crippen molar-refractivity contribution in [1.29, 1.82) is 0 Å². The van der Waals surface area contributed by atoms with Gasteiger partial charge in [-0.1, -0.05) is 5.92 Å². The molecule has 1 rings (SSSR count). The Morgan fingerprint density at radius 2 is 1.95 bits per heavy atom. The lowest BCUT2D eigenvalue weighted by molar-refractivity contribution is -0.147. The van der Waals surface area contributed by atoms with Gasteiger partial charge in [-0.25, -0.2) is 0 Å².